The van der Waals surface area contributed by atoms with E-state index >= 15 is 0 Å². The molecule has 1 aliphatic carbocycles. The van der Waals surface area contributed by atoms with Crippen LogP contribution in [-0.4, -0.2) is 37.7 Å². The van der Waals surface area contributed by atoms with Crippen LogP contribution < -0.4 is 5.32 Å². The molecule has 0 bridgehead atoms. The number of nitrogens with one attached hydrogen (secondary N) is 1. The van der Waals surface area contributed by atoms with Crippen molar-refractivity contribution >= 4 is 0 Å². The summed E-state index contributed by atoms with van der Waals surface area (Å²) in [6.07, 6.45) is -12.5. The lowest BCUT2D eigenvalue weighted by Crippen LogP contribution is -2.52. The van der Waals surface area contributed by atoms with Crippen molar-refractivity contribution in [2.45, 2.75) is 69.6 Å². The third-order valence-corrected chi connectivity index (χ3v) is 3.87. The van der Waals surface area contributed by atoms with Crippen LogP contribution in [0.2, 0.25) is 0 Å². The summed E-state index contributed by atoms with van der Waals surface area (Å²) in [5, 5.41) is 2.77. The molecule has 2 nitrogen and oxygen atoms in total. The highest BCUT2D eigenvalue weighted by atomic mass is 19.4. The third kappa shape index (κ3) is 5.32. The third-order valence-electron chi connectivity index (χ3n) is 3.87. The lowest BCUT2D eigenvalue weighted by Gasteiger charge is -2.38. The quantitative estimate of drug-likeness (QED) is 0.771. The van der Waals surface area contributed by atoms with E-state index < -0.39 is 30.6 Å². The molecule has 126 valence electrons. The van der Waals surface area contributed by atoms with Crippen LogP contribution in [-0.2, 0) is 4.74 Å². The Balaban J connectivity index is 2.82. The van der Waals surface area contributed by atoms with Crippen molar-refractivity contribution in [1.82, 2.24) is 5.32 Å². The molecule has 1 saturated carbocycles. The Labute approximate surface area is 120 Å². The molecule has 0 heterocycles. The molecule has 3 atom stereocenters. The van der Waals surface area contributed by atoms with Crippen LogP contribution in [0.25, 0.3) is 0 Å². The number of rotatable bonds is 5. The molecular weight excluding hydrogens is 300 g/mol. The number of likely N-dealkylation sites (N-methyl/N-ethyl adjacent to an activating group) is 1. The second-order valence-electron chi connectivity index (χ2n) is 5.50. The van der Waals surface area contributed by atoms with Gasteiger partial charge >= 0.3 is 12.4 Å². The minimum atomic E-state index is -5.45. The van der Waals surface area contributed by atoms with E-state index in [-0.39, 0.29) is 12.3 Å². The molecule has 21 heavy (non-hydrogen) atoms. The zero-order valence-corrected chi connectivity index (χ0v) is 12.0. The highest BCUT2D eigenvalue weighted by Gasteiger charge is 2.59. The second-order valence-corrected chi connectivity index (χ2v) is 5.50. The fraction of sp³-hybridized carbons (Fsp3) is 1.00. The fourth-order valence-corrected chi connectivity index (χ4v) is 2.88. The van der Waals surface area contributed by atoms with E-state index in [0.717, 1.165) is 19.3 Å². The summed E-state index contributed by atoms with van der Waals surface area (Å²) in [6, 6.07) is -0.481. The van der Waals surface area contributed by atoms with Gasteiger partial charge in [-0.25, -0.2) is 0 Å². The minimum Gasteiger partial charge on any atom is -0.356 e. The highest BCUT2D eigenvalue weighted by molar-refractivity contribution is 4.88. The number of hydrogen-bond donors (Lipinski definition) is 1. The van der Waals surface area contributed by atoms with Gasteiger partial charge in [-0.05, 0) is 32.2 Å². The van der Waals surface area contributed by atoms with Crippen molar-refractivity contribution in [3.63, 3.8) is 0 Å². The average molecular weight is 321 g/mol. The highest BCUT2D eigenvalue weighted by Crippen LogP contribution is 2.39. The Morgan fingerprint density at radius 1 is 1.10 bits per heavy atom. The van der Waals surface area contributed by atoms with Crippen LogP contribution in [0.15, 0.2) is 0 Å². The van der Waals surface area contributed by atoms with Gasteiger partial charge in [0.1, 0.15) is 0 Å². The monoisotopic (exact) mass is 321 g/mol. The number of hydrogen-bond acceptors (Lipinski definition) is 2. The maximum absolute atomic E-state index is 12.6. The Kier molecular flexibility index (Phi) is 6.34. The van der Waals surface area contributed by atoms with Crippen LogP contribution in [0.4, 0.5) is 26.3 Å². The lowest BCUT2D eigenvalue weighted by atomic mass is 9.81. The standard InChI is InChI=1S/C13H21F6NO/c1-3-4-8-5-6-9(20-2)10(7-8)21-11(12(14,15)16)13(17,18)19/h8-11,20H,3-7H2,1-2H3. The van der Waals surface area contributed by atoms with Crippen molar-refractivity contribution in [1.29, 1.82) is 0 Å². The maximum Gasteiger partial charge on any atom is 0.423 e. The molecule has 0 aliphatic heterocycles. The molecule has 1 aliphatic rings. The van der Waals surface area contributed by atoms with Gasteiger partial charge in [0.2, 0.25) is 6.10 Å². The van der Waals surface area contributed by atoms with Crippen molar-refractivity contribution < 1.29 is 31.1 Å². The van der Waals surface area contributed by atoms with Crippen molar-refractivity contribution in [2.24, 2.45) is 5.92 Å². The molecule has 1 rings (SSSR count). The van der Waals surface area contributed by atoms with Gasteiger partial charge in [-0.1, -0.05) is 19.8 Å². The normalized spacial score (nSPS) is 28.1. The fourth-order valence-electron chi connectivity index (χ4n) is 2.88. The summed E-state index contributed by atoms with van der Waals surface area (Å²) in [6.45, 7) is 1.94. The second kappa shape index (κ2) is 7.17. The molecule has 0 aromatic heterocycles. The Morgan fingerprint density at radius 2 is 1.67 bits per heavy atom. The smallest absolute Gasteiger partial charge is 0.356 e. The molecule has 1 fully saturated rings. The SMILES string of the molecule is CCCC1CCC(NC)C(OC(C(F)(F)F)C(F)(F)F)C1. The van der Waals surface area contributed by atoms with Crippen molar-refractivity contribution in [3.8, 4) is 0 Å². The predicted molar refractivity (Wildman–Crippen MR) is 65.9 cm³/mol. The van der Waals surface area contributed by atoms with Gasteiger partial charge in [-0.2, -0.15) is 26.3 Å². The first kappa shape index (κ1) is 18.5. The van der Waals surface area contributed by atoms with E-state index in [1.165, 1.54) is 7.05 Å². The minimum absolute atomic E-state index is 0.117. The van der Waals surface area contributed by atoms with Gasteiger partial charge in [0.05, 0.1) is 6.10 Å². The zero-order valence-electron chi connectivity index (χ0n) is 12.0. The molecule has 0 radical (unpaired) electrons. The van der Waals surface area contributed by atoms with Gasteiger partial charge in [0.15, 0.2) is 0 Å². The molecule has 0 aromatic rings. The Morgan fingerprint density at radius 3 is 2.10 bits per heavy atom. The summed E-state index contributed by atoms with van der Waals surface area (Å²) in [7, 11) is 1.53. The van der Waals surface area contributed by atoms with Gasteiger partial charge in [0.25, 0.3) is 0 Å². The van der Waals surface area contributed by atoms with Gasteiger partial charge in [0, 0.05) is 6.04 Å². The van der Waals surface area contributed by atoms with Gasteiger partial charge < -0.3 is 10.1 Å². The molecule has 0 amide bonds. The molecule has 0 aromatic carbocycles. The first-order chi connectivity index (χ1) is 9.59. The van der Waals surface area contributed by atoms with Crippen LogP contribution in [0.1, 0.15) is 39.0 Å². The van der Waals surface area contributed by atoms with E-state index in [9.17, 15) is 26.3 Å². The molecule has 3 unspecified atom stereocenters. The Hall–Kier alpha value is -0.500. The summed E-state index contributed by atoms with van der Waals surface area (Å²) in [5.41, 5.74) is 0. The van der Waals surface area contributed by atoms with Crippen molar-refractivity contribution in [2.75, 3.05) is 7.05 Å². The van der Waals surface area contributed by atoms with Crippen LogP contribution in [0, 0.1) is 5.92 Å². The van der Waals surface area contributed by atoms with Crippen LogP contribution in [0.5, 0.6) is 0 Å². The van der Waals surface area contributed by atoms with Gasteiger partial charge in [-0.15, -0.1) is 0 Å². The van der Waals surface area contributed by atoms with E-state index in [1.54, 1.807) is 0 Å². The summed E-state index contributed by atoms with van der Waals surface area (Å²) in [4.78, 5) is 0. The van der Waals surface area contributed by atoms with Crippen LogP contribution >= 0.6 is 0 Å². The number of alkyl halides is 6. The molecular formula is C13H21F6NO. The topological polar surface area (TPSA) is 21.3 Å². The van der Waals surface area contributed by atoms with Crippen LogP contribution in [0.3, 0.4) is 0 Å². The number of ether oxygens (including phenoxy) is 1. The van der Waals surface area contributed by atoms with Crippen molar-refractivity contribution in [3.05, 3.63) is 0 Å². The predicted octanol–water partition coefficient (Wildman–Crippen LogP) is 4.05. The molecule has 0 spiro atoms. The zero-order chi connectivity index (χ0) is 16.3. The summed E-state index contributed by atoms with van der Waals surface area (Å²) >= 11 is 0. The average Bonchev–Trinajstić information content (AvgIpc) is 2.34. The molecule has 8 heteroatoms. The van der Waals surface area contributed by atoms with E-state index in [2.05, 4.69) is 10.1 Å². The summed E-state index contributed by atoms with van der Waals surface area (Å²) < 4.78 is 80.0. The van der Waals surface area contributed by atoms with Gasteiger partial charge in [-0.3, -0.25) is 0 Å². The van der Waals surface area contributed by atoms with E-state index in [1.807, 2.05) is 6.92 Å². The molecule has 0 saturated heterocycles. The molecule has 1 N–H and O–H groups in total. The maximum atomic E-state index is 12.6. The lowest BCUT2D eigenvalue weighted by molar-refractivity contribution is -0.334. The largest absolute Gasteiger partial charge is 0.423 e. The van der Waals surface area contributed by atoms with E-state index in [4.69, 9.17) is 0 Å². The van der Waals surface area contributed by atoms with E-state index in [0.29, 0.717) is 6.42 Å². The Bertz CT molecular complexity index is 303. The summed E-state index contributed by atoms with van der Waals surface area (Å²) in [5.74, 6) is 0.117. The number of halogens is 6. The first-order valence-electron chi connectivity index (χ1n) is 7.05. The first-order valence-corrected chi connectivity index (χ1v) is 7.05.